The highest BCUT2D eigenvalue weighted by Crippen LogP contribution is 2.27. The van der Waals surface area contributed by atoms with E-state index in [1.165, 1.54) is 0 Å². The molecule has 1 unspecified atom stereocenters. The van der Waals surface area contributed by atoms with Crippen LogP contribution in [0.5, 0.6) is 5.75 Å². The van der Waals surface area contributed by atoms with Gasteiger partial charge in [-0.15, -0.1) is 0 Å². The van der Waals surface area contributed by atoms with Crippen LogP contribution < -0.4 is 10.1 Å². The van der Waals surface area contributed by atoms with Crippen LogP contribution in [0.3, 0.4) is 0 Å². The fourth-order valence-electron chi connectivity index (χ4n) is 2.23. The second kappa shape index (κ2) is 6.44. The van der Waals surface area contributed by atoms with Crippen LogP contribution in [-0.4, -0.2) is 18.6 Å². The van der Waals surface area contributed by atoms with E-state index in [1.54, 1.807) is 7.11 Å². The number of hydrogen-bond donors (Lipinski definition) is 2. The lowest BCUT2D eigenvalue weighted by molar-refractivity contribution is 0.415. The lowest BCUT2D eigenvalue weighted by atomic mass is 10.1. The number of fused-ring (bicyclic) bond motifs is 1. The van der Waals surface area contributed by atoms with Crippen LogP contribution in [-0.2, 0) is 0 Å². The van der Waals surface area contributed by atoms with Gasteiger partial charge in [-0.25, -0.2) is 0 Å². The van der Waals surface area contributed by atoms with Crippen LogP contribution in [0.4, 0.5) is 0 Å². The molecule has 106 valence electrons. The van der Waals surface area contributed by atoms with E-state index in [0.717, 1.165) is 35.2 Å². The standard InChI is InChI=1S/C16H21N3O/c1-11(2)6-7-18-16(9-17)14-10-19-15-5-4-12(20-3)8-13(14)15/h4-5,8,10-11,16,18-19H,6-7H2,1-3H3. The highest BCUT2D eigenvalue weighted by atomic mass is 16.5. The molecule has 1 aromatic heterocycles. The second-order valence-corrected chi connectivity index (χ2v) is 5.35. The average Bonchev–Trinajstić information content (AvgIpc) is 2.86. The molecular weight excluding hydrogens is 250 g/mol. The number of benzene rings is 1. The smallest absolute Gasteiger partial charge is 0.123 e. The Kier molecular flexibility index (Phi) is 4.65. The summed E-state index contributed by atoms with van der Waals surface area (Å²) in [6.45, 7) is 5.20. The van der Waals surface area contributed by atoms with E-state index in [0.29, 0.717) is 5.92 Å². The van der Waals surface area contributed by atoms with Gasteiger partial charge in [0.05, 0.1) is 13.2 Å². The molecule has 0 spiro atoms. The maximum Gasteiger partial charge on any atom is 0.123 e. The minimum absolute atomic E-state index is 0.297. The summed E-state index contributed by atoms with van der Waals surface area (Å²) >= 11 is 0. The highest BCUT2D eigenvalue weighted by molar-refractivity contribution is 5.85. The molecule has 1 atom stereocenters. The number of nitriles is 1. The van der Waals surface area contributed by atoms with Crippen LogP contribution in [0.15, 0.2) is 24.4 Å². The van der Waals surface area contributed by atoms with Crippen LogP contribution in [0.25, 0.3) is 10.9 Å². The van der Waals surface area contributed by atoms with Gasteiger partial charge in [0.2, 0.25) is 0 Å². The zero-order valence-electron chi connectivity index (χ0n) is 12.2. The molecule has 1 aromatic carbocycles. The third kappa shape index (κ3) is 3.12. The van der Waals surface area contributed by atoms with E-state index >= 15 is 0 Å². The molecule has 0 amide bonds. The molecule has 20 heavy (non-hydrogen) atoms. The van der Waals surface area contributed by atoms with Gasteiger partial charge < -0.3 is 9.72 Å². The molecular formula is C16H21N3O. The quantitative estimate of drug-likeness (QED) is 0.846. The number of aromatic nitrogens is 1. The molecule has 0 aliphatic carbocycles. The van der Waals surface area contributed by atoms with Gasteiger partial charge in [0.15, 0.2) is 0 Å². The first-order chi connectivity index (χ1) is 9.65. The molecule has 4 heteroatoms. The van der Waals surface area contributed by atoms with Gasteiger partial charge in [-0.2, -0.15) is 5.26 Å². The van der Waals surface area contributed by atoms with E-state index < -0.39 is 0 Å². The number of methoxy groups -OCH3 is 1. The SMILES string of the molecule is COc1ccc2[nH]cc(C(C#N)NCCC(C)C)c2c1. The van der Waals surface area contributed by atoms with Crippen molar-refractivity contribution in [2.24, 2.45) is 5.92 Å². The van der Waals surface area contributed by atoms with E-state index in [9.17, 15) is 5.26 Å². The summed E-state index contributed by atoms with van der Waals surface area (Å²) in [5, 5.41) is 13.7. The van der Waals surface area contributed by atoms with Crippen molar-refractivity contribution in [1.29, 1.82) is 5.26 Å². The Morgan fingerprint density at radius 3 is 2.85 bits per heavy atom. The number of rotatable bonds is 6. The van der Waals surface area contributed by atoms with Crippen LogP contribution in [0.2, 0.25) is 0 Å². The zero-order chi connectivity index (χ0) is 14.5. The molecule has 2 N–H and O–H groups in total. The van der Waals surface area contributed by atoms with Gasteiger partial charge in [0.25, 0.3) is 0 Å². The fraction of sp³-hybridized carbons (Fsp3) is 0.438. The van der Waals surface area contributed by atoms with E-state index in [1.807, 2.05) is 24.4 Å². The van der Waals surface area contributed by atoms with Gasteiger partial charge in [-0.05, 0) is 37.1 Å². The second-order valence-electron chi connectivity index (χ2n) is 5.35. The van der Waals surface area contributed by atoms with Crippen LogP contribution >= 0.6 is 0 Å². The largest absolute Gasteiger partial charge is 0.497 e. The molecule has 0 bridgehead atoms. The van der Waals surface area contributed by atoms with Gasteiger partial charge in [-0.1, -0.05) is 13.8 Å². The van der Waals surface area contributed by atoms with Crippen molar-refractivity contribution in [1.82, 2.24) is 10.3 Å². The van der Waals surface area contributed by atoms with E-state index in [2.05, 4.69) is 30.2 Å². The Hall–Kier alpha value is -1.99. The average molecular weight is 271 g/mol. The molecule has 4 nitrogen and oxygen atoms in total. The lowest BCUT2D eigenvalue weighted by Gasteiger charge is -2.12. The summed E-state index contributed by atoms with van der Waals surface area (Å²) in [6, 6.07) is 7.89. The van der Waals surface area contributed by atoms with E-state index in [4.69, 9.17) is 4.74 Å². The number of nitrogens with zero attached hydrogens (tertiary/aromatic N) is 1. The van der Waals surface area contributed by atoms with Gasteiger partial charge >= 0.3 is 0 Å². The number of nitrogens with one attached hydrogen (secondary N) is 2. The fourth-order valence-corrected chi connectivity index (χ4v) is 2.23. The first-order valence-electron chi connectivity index (χ1n) is 6.93. The molecule has 2 aromatic rings. The third-order valence-electron chi connectivity index (χ3n) is 3.43. The van der Waals surface area contributed by atoms with Crippen molar-refractivity contribution in [3.05, 3.63) is 30.0 Å². The number of H-pyrrole nitrogens is 1. The van der Waals surface area contributed by atoms with Crippen molar-refractivity contribution in [2.45, 2.75) is 26.3 Å². The minimum Gasteiger partial charge on any atom is -0.497 e. The molecule has 0 fully saturated rings. The molecule has 0 aliphatic heterocycles. The van der Waals surface area contributed by atoms with Crippen molar-refractivity contribution in [2.75, 3.05) is 13.7 Å². The van der Waals surface area contributed by atoms with Crippen LogP contribution in [0.1, 0.15) is 31.9 Å². The van der Waals surface area contributed by atoms with Gasteiger partial charge in [0.1, 0.15) is 11.8 Å². The Morgan fingerprint density at radius 1 is 1.40 bits per heavy atom. The number of ether oxygens (including phenoxy) is 1. The Morgan fingerprint density at radius 2 is 2.20 bits per heavy atom. The molecule has 0 radical (unpaired) electrons. The number of hydrogen-bond acceptors (Lipinski definition) is 3. The van der Waals surface area contributed by atoms with Crippen molar-refractivity contribution >= 4 is 10.9 Å². The lowest BCUT2D eigenvalue weighted by Crippen LogP contribution is -2.22. The Balaban J connectivity index is 2.23. The Labute approximate surface area is 119 Å². The summed E-state index contributed by atoms with van der Waals surface area (Å²) in [5.41, 5.74) is 2.00. The molecule has 2 rings (SSSR count). The van der Waals surface area contributed by atoms with Crippen LogP contribution in [0, 0.1) is 17.2 Å². The maximum atomic E-state index is 9.39. The van der Waals surface area contributed by atoms with E-state index in [-0.39, 0.29) is 6.04 Å². The summed E-state index contributed by atoms with van der Waals surface area (Å²) in [5.74, 6) is 1.43. The summed E-state index contributed by atoms with van der Waals surface area (Å²) in [6.07, 6.45) is 2.96. The third-order valence-corrected chi connectivity index (χ3v) is 3.43. The predicted octanol–water partition coefficient (Wildman–Crippen LogP) is 3.38. The van der Waals surface area contributed by atoms with Crippen molar-refractivity contribution < 1.29 is 4.74 Å². The normalized spacial score (nSPS) is 12.6. The summed E-state index contributed by atoms with van der Waals surface area (Å²) in [4.78, 5) is 3.21. The van der Waals surface area contributed by atoms with Crippen molar-refractivity contribution in [3.8, 4) is 11.8 Å². The molecule has 0 saturated carbocycles. The number of aromatic amines is 1. The monoisotopic (exact) mass is 271 g/mol. The predicted molar refractivity (Wildman–Crippen MR) is 80.7 cm³/mol. The van der Waals surface area contributed by atoms with Gasteiger partial charge in [-0.3, -0.25) is 5.32 Å². The summed E-state index contributed by atoms with van der Waals surface area (Å²) < 4.78 is 5.26. The summed E-state index contributed by atoms with van der Waals surface area (Å²) in [7, 11) is 1.65. The zero-order valence-corrected chi connectivity index (χ0v) is 12.2. The highest BCUT2D eigenvalue weighted by Gasteiger charge is 2.15. The minimum atomic E-state index is -0.297. The molecule has 0 saturated heterocycles. The Bertz CT molecular complexity index is 610. The molecule has 1 heterocycles. The maximum absolute atomic E-state index is 9.39. The topological polar surface area (TPSA) is 60.8 Å². The first-order valence-corrected chi connectivity index (χ1v) is 6.93. The first kappa shape index (κ1) is 14.4. The molecule has 0 aliphatic rings. The van der Waals surface area contributed by atoms with Crippen molar-refractivity contribution in [3.63, 3.8) is 0 Å². The van der Waals surface area contributed by atoms with Gasteiger partial charge in [0, 0.05) is 22.7 Å².